The molecule has 1 aliphatic carbocycles. The Labute approximate surface area is 126 Å². The molecule has 4 heteroatoms. The minimum absolute atomic E-state index is 0.146. The first kappa shape index (κ1) is 15.6. The second kappa shape index (κ2) is 8.51. The van der Waals surface area contributed by atoms with Gasteiger partial charge in [-0.3, -0.25) is 4.79 Å². The van der Waals surface area contributed by atoms with Gasteiger partial charge in [-0.1, -0.05) is 32.1 Å². The van der Waals surface area contributed by atoms with Gasteiger partial charge in [0.25, 0.3) is 0 Å². The molecule has 1 fully saturated rings. The Balaban J connectivity index is 1.82. The molecule has 0 atom stereocenters. The van der Waals surface area contributed by atoms with Crippen molar-refractivity contribution >= 4 is 5.91 Å². The minimum Gasteiger partial charge on any atom is -0.467 e. The van der Waals surface area contributed by atoms with Crippen molar-refractivity contribution in [1.29, 1.82) is 5.26 Å². The van der Waals surface area contributed by atoms with E-state index in [1.807, 2.05) is 12.1 Å². The molecule has 0 aliphatic heterocycles. The molecule has 0 saturated heterocycles. The predicted molar refractivity (Wildman–Crippen MR) is 80.2 cm³/mol. The number of carbonyl (C=O) groups is 1. The first-order valence-corrected chi connectivity index (χ1v) is 7.96. The predicted octanol–water partition coefficient (Wildman–Crippen LogP) is 3.88. The molecule has 1 aromatic rings. The molecule has 1 aliphatic rings. The highest BCUT2D eigenvalue weighted by molar-refractivity contribution is 5.76. The monoisotopic (exact) mass is 288 g/mol. The van der Waals surface area contributed by atoms with Crippen molar-refractivity contribution in [3.63, 3.8) is 0 Å². The van der Waals surface area contributed by atoms with Gasteiger partial charge in [0.15, 0.2) is 0 Å². The van der Waals surface area contributed by atoms with Gasteiger partial charge in [0, 0.05) is 13.0 Å². The molecule has 1 saturated carbocycles. The molecule has 1 heterocycles. The standard InChI is InChI=1S/C17H24N2O2/c18-11-5-12-19(14-16-8-4-13-21-16)17(20)10-9-15-6-2-1-3-7-15/h4,8,13,15H,1-3,5-7,9-10,12,14H2. The van der Waals surface area contributed by atoms with Crippen molar-refractivity contribution in [1.82, 2.24) is 4.90 Å². The lowest BCUT2D eigenvalue weighted by atomic mass is 9.86. The molecule has 0 N–H and O–H groups in total. The minimum atomic E-state index is 0.146. The highest BCUT2D eigenvalue weighted by Gasteiger charge is 2.19. The molecule has 0 aromatic carbocycles. The van der Waals surface area contributed by atoms with Crippen molar-refractivity contribution in [2.24, 2.45) is 5.92 Å². The maximum atomic E-state index is 12.4. The molecule has 0 unspecified atom stereocenters. The van der Waals surface area contributed by atoms with E-state index in [-0.39, 0.29) is 5.91 Å². The van der Waals surface area contributed by atoms with E-state index in [1.54, 1.807) is 11.2 Å². The Morgan fingerprint density at radius 3 is 2.86 bits per heavy atom. The smallest absolute Gasteiger partial charge is 0.223 e. The Hall–Kier alpha value is -1.76. The molecule has 4 nitrogen and oxygen atoms in total. The van der Waals surface area contributed by atoms with E-state index in [0.29, 0.717) is 31.8 Å². The van der Waals surface area contributed by atoms with Gasteiger partial charge in [0.05, 0.1) is 25.3 Å². The molecule has 0 spiro atoms. The molecule has 2 rings (SSSR count). The molecule has 0 radical (unpaired) electrons. The molecular formula is C17H24N2O2. The number of nitriles is 1. The van der Waals surface area contributed by atoms with Gasteiger partial charge in [-0.05, 0) is 24.5 Å². The maximum absolute atomic E-state index is 12.4. The Morgan fingerprint density at radius 2 is 2.19 bits per heavy atom. The second-order valence-corrected chi connectivity index (χ2v) is 5.85. The zero-order chi connectivity index (χ0) is 14.9. The van der Waals surface area contributed by atoms with Crippen molar-refractivity contribution in [2.75, 3.05) is 6.54 Å². The summed E-state index contributed by atoms with van der Waals surface area (Å²) in [6, 6.07) is 5.81. The first-order valence-electron chi connectivity index (χ1n) is 7.96. The van der Waals surface area contributed by atoms with Crippen LogP contribution in [-0.4, -0.2) is 17.4 Å². The lowest BCUT2D eigenvalue weighted by Crippen LogP contribution is -2.31. The normalized spacial score (nSPS) is 15.6. The third-order valence-electron chi connectivity index (χ3n) is 4.26. The van der Waals surface area contributed by atoms with E-state index in [1.165, 1.54) is 32.1 Å². The lowest BCUT2D eigenvalue weighted by molar-refractivity contribution is -0.132. The number of nitrogens with zero attached hydrogens (tertiary/aromatic N) is 2. The van der Waals surface area contributed by atoms with Crippen LogP contribution >= 0.6 is 0 Å². The van der Waals surface area contributed by atoms with Crippen LogP contribution in [0.3, 0.4) is 0 Å². The van der Waals surface area contributed by atoms with Gasteiger partial charge in [-0.25, -0.2) is 0 Å². The highest BCUT2D eigenvalue weighted by Crippen LogP contribution is 2.27. The molecule has 1 aromatic heterocycles. The van der Waals surface area contributed by atoms with E-state index >= 15 is 0 Å². The van der Waals surface area contributed by atoms with Gasteiger partial charge in [-0.15, -0.1) is 0 Å². The Morgan fingerprint density at radius 1 is 1.38 bits per heavy atom. The van der Waals surface area contributed by atoms with Gasteiger partial charge in [0.2, 0.25) is 5.91 Å². The van der Waals surface area contributed by atoms with Crippen LogP contribution in [0.5, 0.6) is 0 Å². The van der Waals surface area contributed by atoms with Crippen LogP contribution in [0.15, 0.2) is 22.8 Å². The zero-order valence-electron chi connectivity index (χ0n) is 12.6. The fourth-order valence-corrected chi connectivity index (χ4v) is 3.03. The quantitative estimate of drug-likeness (QED) is 0.765. The molecule has 1 amide bonds. The van der Waals surface area contributed by atoms with E-state index in [9.17, 15) is 4.79 Å². The van der Waals surface area contributed by atoms with Crippen molar-refractivity contribution in [2.45, 2.75) is 57.9 Å². The number of hydrogen-bond acceptors (Lipinski definition) is 3. The van der Waals surface area contributed by atoms with Crippen molar-refractivity contribution in [3.05, 3.63) is 24.2 Å². The summed E-state index contributed by atoms with van der Waals surface area (Å²) in [7, 11) is 0. The lowest BCUT2D eigenvalue weighted by Gasteiger charge is -2.24. The second-order valence-electron chi connectivity index (χ2n) is 5.85. The first-order chi connectivity index (χ1) is 10.3. The number of rotatable bonds is 7. The SMILES string of the molecule is N#CCCN(Cc1ccco1)C(=O)CCC1CCCCC1. The summed E-state index contributed by atoms with van der Waals surface area (Å²) in [5, 5.41) is 8.75. The fourth-order valence-electron chi connectivity index (χ4n) is 3.03. The van der Waals surface area contributed by atoms with Crippen molar-refractivity contribution in [3.8, 4) is 6.07 Å². The van der Waals surface area contributed by atoms with E-state index in [4.69, 9.17) is 9.68 Å². The molecule has 21 heavy (non-hydrogen) atoms. The van der Waals surface area contributed by atoms with Crippen LogP contribution in [0.2, 0.25) is 0 Å². The van der Waals surface area contributed by atoms with Crippen molar-refractivity contribution < 1.29 is 9.21 Å². The average molecular weight is 288 g/mol. The Kier molecular flexibility index (Phi) is 6.33. The van der Waals surface area contributed by atoms with E-state index in [2.05, 4.69) is 6.07 Å². The average Bonchev–Trinajstić information content (AvgIpc) is 3.03. The summed E-state index contributed by atoms with van der Waals surface area (Å²) >= 11 is 0. The van der Waals surface area contributed by atoms with Crippen LogP contribution < -0.4 is 0 Å². The molecule has 114 valence electrons. The number of amides is 1. The van der Waals surface area contributed by atoms with Crippen LogP contribution in [0, 0.1) is 17.2 Å². The number of furan rings is 1. The summed E-state index contributed by atoms with van der Waals surface area (Å²) in [6.07, 6.45) is 10.1. The third-order valence-corrected chi connectivity index (χ3v) is 4.26. The topological polar surface area (TPSA) is 57.2 Å². The summed E-state index contributed by atoms with van der Waals surface area (Å²) in [4.78, 5) is 14.1. The van der Waals surface area contributed by atoms with Gasteiger partial charge >= 0.3 is 0 Å². The largest absolute Gasteiger partial charge is 0.467 e. The third kappa shape index (κ3) is 5.26. The van der Waals surface area contributed by atoms with Gasteiger partial charge < -0.3 is 9.32 Å². The van der Waals surface area contributed by atoms with Crippen LogP contribution in [0.25, 0.3) is 0 Å². The van der Waals surface area contributed by atoms with Gasteiger partial charge in [-0.2, -0.15) is 5.26 Å². The molecular weight excluding hydrogens is 264 g/mol. The zero-order valence-corrected chi connectivity index (χ0v) is 12.6. The van der Waals surface area contributed by atoms with Crippen LogP contribution in [0.4, 0.5) is 0 Å². The maximum Gasteiger partial charge on any atom is 0.223 e. The van der Waals surface area contributed by atoms with Gasteiger partial charge in [0.1, 0.15) is 5.76 Å². The summed E-state index contributed by atoms with van der Waals surface area (Å²) in [6.45, 7) is 0.957. The Bertz CT molecular complexity index is 456. The molecule has 0 bridgehead atoms. The summed E-state index contributed by atoms with van der Waals surface area (Å²) in [5.41, 5.74) is 0. The van der Waals surface area contributed by atoms with Crippen LogP contribution in [-0.2, 0) is 11.3 Å². The van der Waals surface area contributed by atoms with E-state index < -0.39 is 0 Å². The summed E-state index contributed by atoms with van der Waals surface area (Å²) in [5.74, 6) is 1.63. The summed E-state index contributed by atoms with van der Waals surface area (Å²) < 4.78 is 5.31. The highest BCUT2D eigenvalue weighted by atomic mass is 16.3. The van der Waals surface area contributed by atoms with E-state index in [0.717, 1.165) is 12.2 Å². The fraction of sp³-hybridized carbons (Fsp3) is 0.647. The number of hydrogen-bond donors (Lipinski definition) is 0. The van der Waals surface area contributed by atoms with Crippen LogP contribution in [0.1, 0.15) is 57.1 Å². The number of carbonyl (C=O) groups excluding carboxylic acids is 1.